The third-order valence-corrected chi connectivity index (χ3v) is 18.3. The summed E-state index contributed by atoms with van der Waals surface area (Å²) in [6.45, 7) is 4.87. The predicted octanol–water partition coefficient (Wildman–Crippen LogP) is 21.0. The lowest BCUT2D eigenvalue weighted by Gasteiger charge is -2.21. The number of rotatable bonds is 72. The van der Waals surface area contributed by atoms with Crippen molar-refractivity contribution in [3.63, 3.8) is 0 Å². The normalized spacial score (nSPS) is 14.1. The van der Waals surface area contributed by atoms with Gasteiger partial charge in [0.1, 0.15) is 19.3 Å². The van der Waals surface area contributed by atoms with Gasteiger partial charge in [-0.25, -0.2) is 9.13 Å². The highest BCUT2D eigenvalue weighted by atomic mass is 31.2. The summed E-state index contributed by atoms with van der Waals surface area (Å²) in [5, 5.41) is 10.6. The quantitative estimate of drug-likeness (QED) is 0.0169. The summed E-state index contributed by atoms with van der Waals surface area (Å²) in [4.78, 5) is 72.6. The van der Waals surface area contributed by atoms with Crippen molar-refractivity contribution in [3.05, 3.63) is 24.3 Å². The lowest BCUT2D eigenvalue weighted by atomic mass is 10.0. The number of esters is 4. The summed E-state index contributed by atoms with van der Waals surface area (Å²) in [6.07, 6.45) is 58.9. The Morgan fingerprint density at radius 1 is 0.293 bits per heavy atom. The van der Waals surface area contributed by atoms with E-state index in [9.17, 15) is 43.2 Å². The number of unbranched alkanes of at least 4 members (excludes halogenated alkanes) is 42. The van der Waals surface area contributed by atoms with E-state index in [1.54, 1.807) is 0 Å². The summed E-state index contributed by atoms with van der Waals surface area (Å²) in [6, 6.07) is 0. The molecule has 5 unspecified atom stereocenters. The fourth-order valence-electron chi connectivity index (χ4n) is 10.6. The summed E-state index contributed by atoms with van der Waals surface area (Å²) in [5.74, 6) is -2.15. The Hall–Kier alpha value is -2.46. The van der Waals surface area contributed by atoms with E-state index in [1.165, 1.54) is 161 Å². The molecule has 0 aromatic heterocycles. The molecule has 5 atom stereocenters. The fourth-order valence-corrected chi connectivity index (χ4v) is 12.2. The van der Waals surface area contributed by atoms with Crippen molar-refractivity contribution < 1.29 is 80.2 Å². The van der Waals surface area contributed by atoms with E-state index < -0.39 is 97.5 Å². The van der Waals surface area contributed by atoms with Gasteiger partial charge in [0.15, 0.2) is 12.2 Å². The van der Waals surface area contributed by atoms with E-state index in [0.717, 1.165) is 122 Å². The molecule has 17 nitrogen and oxygen atoms in total. The Labute approximate surface area is 561 Å². The highest BCUT2D eigenvalue weighted by Crippen LogP contribution is 2.45. The molecule has 0 radical (unpaired) electrons. The van der Waals surface area contributed by atoms with Crippen molar-refractivity contribution in [2.45, 2.75) is 380 Å². The molecular weight excluding hydrogens is 1210 g/mol. The van der Waals surface area contributed by atoms with E-state index in [-0.39, 0.29) is 25.7 Å². The molecule has 19 heteroatoms. The van der Waals surface area contributed by atoms with Gasteiger partial charge in [-0.2, -0.15) is 0 Å². The van der Waals surface area contributed by atoms with Crippen LogP contribution in [0.1, 0.15) is 362 Å². The molecule has 0 spiro atoms. The lowest BCUT2D eigenvalue weighted by molar-refractivity contribution is -0.161. The van der Waals surface area contributed by atoms with E-state index in [1.807, 2.05) is 0 Å². The number of aliphatic hydroxyl groups excluding tert-OH is 1. The van der Waals surface area contributed by atoms with Gasteiger partial charge < -0.3 is 33.8 Å². The molecule has 0 aromatic carbocycles. The van der Waals surface area contributed by atoms with Crippen molar-refractivity contribution in [3.8, 4) is 0 Å². The number of phosphoric acid groups is 2. The topological polar surface area (TPSA) is 237 Å². The first-order valence-corrected chi connectivity index (χ1v) is 40.6. The largest absolute Gasteiger partial charge is 0.472 e. The number of hydrogen-bond acceptors (Lipinski definition) is 15. The van der Waals surface area contributed by atoms with Gasteiger partial charge in [0.2, 0.25) is 0 Å². The van der Waals surface area contributed by atoms with Crippen LogP contribution in [0.5, 0.6) is 0 Å². The molecule has 0 amide bonds. The van der Waals surface area contributed by atoms with Gasteiger partial charge in [-0.15, -0.1) is 0 Å². The second-order valence-corrected chi connectivity index (χ2v) is 28.5. The predicted molar refractivity (Wildman–Crippen MR) is 372 cm³/mol. The fraction of sp³-hybridized carbons (Fsp3) is 0.890. The first-order valence-electron chi connectivity index (χ1n) is 37.6. The Bertz CT molecular complexity index is 1850. The molecule has 0 saturated carbocycles. The van der Waals surface area contributed by atoms with Crippen molar-refractivity contribution >= 4 is 39.5 Å². The zero-order valence-electron chi connectivity index (χ0n) is 59.0. The molecule has 0 aromatic rings. The van der Waals surface area contributed by atoms with Crippen molar-refractivity contribution in [1.29, 1.82) is 0 Å². The van der Waals surface area contributed by atoms with Crippen LogP contribution in [0.3, 0.4) is 0 Å². The summed E-state index contributed by atoms with van der Waals surface area (Å²) < 4.78 is 68.3. The molecular formula is C73H138O17P2. The number of ether oxygens (including phenoxy) is 4. The van der Waals surface area contributed by atoms with Crippen LogP contribution in [0.4, 0.5) is 0 Å². The Balaban J connectivity index is 5.25. The number of allylic oxidation sites excluding steroid dienone is 4. The third kappa shape index (κ3) is 66.2. The summed E-state index contributed by atoms with van der Waals surface area (Å²) in [5.41, 5.74) is 0. The smallest absolute Gasteiger partial charge is 0.462 e. The van der Waals surface area contributed by atoms with Gasteiger partial charge in [-0.05, 0) is 70.6 Å². The molecule has 0 fully saturated rings. The molecule has 0 bridgehead atoms. The van der Waals surface area contributed by atoms with Crippen LogP contribution < -0.4 is 0 Å². The first kappa shape index (κ1) is 89.5. The minimum Gasteiger partial charge on any atom is -0.462 e. The summed E-state index contributed by atoms with van der Waals surface area (Å²) >= 11 is 0. The van der Waals surface area contributed by atoms with E-state index in [2.05, 4.69) is 52.0 Å². The van der Waals surface area contributed by atoms with Gasteiger partial charge in [-0.3, -0.25) is 37.3 Å². The minimum absolute atomic E-state index is 0.0927. The maximum Gasteiger partial charge on any atom is 0.472 e. The van der Waals surface area contributed by atoms with Crippen LogP contribution in [0.2, 0.25) is 0 Å². The zero-order valence-corrected chi connectivity index (χ0v) is 60.8. The maximum absolute atomic E-state index is 13.0. The number of carbonyl (C=O) groups is 4. The number of hydrogen-bond donors (Lipinski definition) is 3. The molecule has 0 aliphatic heterocycles. The van der Waals surface area contributed by atoms with Crippen LogP contribution in [0.25, 0.3) is 0 Å². The van der Waals surface area contributed by atoms with Gasteiger partial charge in [0, 0.05) is 25.7 Å². The van der Waals surface area contributed by atoms with Gasteiger partial charge in [0.05, 0.1) is 26.4 Å². The second-order valence-electron chi connectivity index (χ2n) is 25.6. The average molecular weight is 1350 g/mol. The Morgan fingerprint density at radius 2 is 0.511 bits per heavy atom. The highest BCUT2D eigenvalue weighted by Gasteiger charge is 2.30. The van der Waals surface area contributed by atoms with Crippen molar-refractivity contribution in [1.82, 2.24) is 0 Å². The van der Waals surface area contributed by atoms with Gasteiger partial charge in [0.25, 0.3) is 0 Å². The lowest BCUT2D eigenvalue weighted by Crippen LogP contribution is -2.30. The van der Waals surface area contributed by atoms with E-state index >= 15 is 0 Å². The minimum atomic E-state index is -4.96. The van der Waals surface area contributed by atoms with Gasteiger partial charge >= 0.3 is 39.5 Å². The van der Waals surface area contributed by atoms with Crippen LogP contribution in [-0.2, 0) is 65.4 Å². The van der Waals surface area contributed by atoms with Crippen molar-refractivity contribution in [2.24, 2.45) is 0 Å². The molecule has 0 aliphatic rings. The number of phosphoric ester groups is 2. The molecule has 0 saturated heterocycles. The Kier molecular flexibility index (Phi) is 65.3. The first-order chi connectivity index (χ1) is 44.7. The molecule has 0 heterocycles. The zero-order chi connectivity index (χ0) is 67.5. The Morgan fingerprint density at radius 3 is 0.783 bits per heavy atom. The SMILES string of the molecule is CCCC/C=C\CCCCCCCC(=O)OC(COC(=O)CCCCCCCCCCCCCCCCC)COP(=O)(O)OCC(O)COP(=O)(O)OCC(COC(=O)CCCCCCC/C=C\CCCCCCCC)OC(=O)CCCCCCCCCCCCC. The van der Waals surface area contributed by atoms with Gasteiger partial charge in [-0.1, -0.05) is 290 Å². The monoisotopic (exact) mass is 1350 g/mol. The average Bonchev–Trinajstić information content (AvgIpc) is 2.46. The number of carbonyl (C=O) groups excluding carboxylic acids is 4. The van der Waals surface area contributed by atoms with Crippen LogP contribution in [0, 0.1) is 0 Å². The maximum atomic E-state index is 13.0. The van der Waals surface area contributed by atoms with Crippen LogP contribution in [0.15, 0.2) is 24.3 Å². The molecule has 92 heavy (non-hydrogen) atoms. The second kappa shape index (κ2) is 67.1. The third-order valence-electron chi connectivity index (χ3n) is 16.4. The molecule has 542 valence electrons. The van der Waals surface area contributed by atoms with E-state index in [0.29, 0.717) is 25.7 Å². The van der Waals surface area contributed by atoms with Crippen LogP contribution >= 0.6 is 15.6 Å². The van der Waals surface area contributed by atoms with E-state index in [4.69, 9.17) is 37.0 Å². The van der Waals surface area contributed by atoms with Crippen molar-refractivity contribution in [2.75, 3.05) is 39.6 Å². The number of aliphatic hydroxyl groups is 1. The molecule has 0 aliphatic carbocycles. The summed E-state index contributed by atoms with van der Waals surface area (Å²) in [7, 11) is -9.91. The molecule has 0 rings (SSSR count). The highest BCUT2D eigenvalue weighted by molar-refractivity contribution is 7.47. The molecule has 3 N–H and O–H groups in total. The van der Waals surface area contributed by atoms with Crippen LogP contribution in [-0.4, -0.2) is 96.7 Å². The standard InChI is InChI=1S/C73H138O17P2/c1-5-9-13-17-21-25-29-31-33-35-39-41-45-49-53-57-70(75)83-63-68(89-72(77)59-55-51-47-43-37-27-23-19-15-11-7-3)65-87-91(79,80)85-61-67(74)62-86-92(81,82)88-66-69(90-73(78)60-56-52-48-44-38-28-24-20-16-12-8-4)64-84-71(76)58-54-50-46-42-40-36-34-32-30-26-22-18-14-10-6-2/h19,23,32,34,67-69,74H,5-18,20-22,24-31,33,35-66H2,1-4H3,(H,79,80)(H,81,82)/b23-19-,34-32-.